The molecule has 0 amide bonds. The van der Waals surface area contributed by atoms with Crippen LogP contribution in [0.15, 0.2) is 0 Å². The van der Waals surface area contributed by atoms with Gasteiger partial charge in [0.2, 0.25) is 0 Å². The van der Waals surface area contributed by atoms with Crippen molar-refractivity contribution < 1.29 is 0 Å². The zero-order chi connectivity index (χ0) is 12.4. The van der Waals surface area contributed by atoms with E-state index >= 15 is 0 Å². The second-order valence-electron chi connectivity index (χ2n) is 4.75. The van der Waals surface area contributed by atoms with Crippen LogP contribution in [0.1, 0.15) is 31.2 Å². The Morgan fingerprint density at radius 2 is 2.18 bits per heavy atom. The first-order chi connectivity index (χ1) is 8.11. The SMILES string of the molecule is CCc1nn(C)c(CNCC2CC(Cl)C2)c1Cl. The van der Waals surface area contributed by atoms with E-state index in [4.69, 9.17) is 23.2 Å². The lowest BCUT2D eigenvalue weighted by molar-refractivity contribution is 0.307. The largest absolute Gasteiger partial charge is 0.311 e. The minimum Gasteiger partial charge on any atom is -0.311 e. The van der Waals surface area contributed by atoms with Crippen LogP contribution in [0.4, 0.5) is 0 Å². The van der Waals surface area contributed by atoms with E-state index in [-0.39, 0.29) is 0 Å². The zero-order valence-electron chi connectivity index (χ0n) is 10.3. The van der Waals surface area contributed by atoms with E-state index < -0.39 is 0 Å². The van der Waals surface area contributed by atoms with Crippen molar-refractivity contribution in [3.63, 3.8) is 0 Å². The lowest BCUT2D eigenvalue weighted by Gasteiger charge is -2.30. The molecule has 0 aliphatic heterocycles. The van der Waals surface area contributed by atoms with Gasteiger partial charge in [0.05, 0.1) is 16.4 Å². The molecule has 0 unspecified atom stereocenters. The first-order valence-corrected chi connectivity index (χ1v) is 6.98. The van der Waals surface area contributed by atoms with Crippen LogP contribution in [0, 0.1) is 5.92 Å². The molecule has 0 aromatic carbocycles. The summed E-state index contributed by atoms with van der Waals surface area (Å²) in [6.45, 7) is 3.87. The van der Waals surface area contributed by atoms with Crippen molar-refractivity contribution in [2.24, 2.45) is 13.0 Å². The average Bonchev–Trinajstić information content (AvgIpc) is 2.53. The highest BCUT2D eigenvalue weighted by molar-refractivity contribution is 6.31. The van der Waals surface area contributed by atoms with E-state index in [9.17, 15) is 0 Å². The second-order valence-corrected chi connectivity index (χ2v) is 5.75. The number of hydrogen-bond donors (Lipinski definition) is 1. The van der Waals surface area contributed by atoms with Crippen molar-refractivity contribution in [3.8, 4) is 0 Å². The summed E-state index contributed by atoms with van der Waals surface area (Å²) in [5.41, 5.74) is 2.06. The number of nitrogens with zero attached hydrogens (tertiary/aromatic N) is 2. The Labute approximate surface area is 112 Å². The highest BCUT2D eigenvalue weighted by atomic mass is 35.5. The van der Waals surface area contributed by atoms with Gasteiger partial charge in [-0.25, -0.2) is 0 Å². The maximum Gasteiger partial charge on any atom is 0.0863 e. The molecule has 1 fully saturated rings. The summed E-state index contributed by atoms with van der Waals surface area (Å²) in [7, 11) is 1.94. The summed E-state index contributed by atoms with van der Waals surface area (Å²) in [5.74, 6) is 0.732. The number of rotatable bonds is 5. The minimum absolute atomic E-state index is 0.397. The maximum absolute atomic E-state index is 6.27. The van der Waals surface area contributed by atoms with E-state index in [2.05, 4.69) is 17.3 Å². The Morgan fingerprint density at radius 1 is 1.47 bits per heavy atom. The Kier molecular flexibility index (Phi) is 4.34. The highest BCUT2D eigenvalue weighted by Crippen LogP contribution is 2.31. The molecule has 0 atom stereocenters. The molecule has 1 heterocycles. The summed E-state index contributed by atoms with van der Waals surface area (Å²) in [6, 6.07) is 0. The van der Waals surface area contributed by atoms with Gasteiger partial charge < -0.3 is 5.32 Å². The topological polar surface area (TPSA) is 29.9 Å². The maximum atomic E-state index is 6.27. The van der Waals surface area contributed by atoms with Gasteiger partial charge in [-0.15, -0.1) is 11.6 Å². The molecule has 0 saturated heterocycles. The fourth-order valence-corrected chi connectivity index (χ4v) is 3.09. The van der Waals surface area contributed by atoms with Crippen LogP contribution in [0.2, 0.25) is 5.02 Å². The van der Waals surface area contributed by atoms with E-state index in [1.165, 1.54) is 0 Å². The number of nitrogens with one attached hydrogen (secondary N) is 1. The molecule has 1 N–H and O–H groups in total. The number of aryl methyl sites for hydroxylation is 2. The third kappa shape index (κ3) is 2.95. The molecule has 96 valence electrons. The quantitative estimate of drug-likeness (QED) is 0.838. The van der Waals surface area contributed by atoms with E-state index in [0.29, 0.717) is 5.38 Å². The molecule has 1 aliphatic carbocycles. The second kappa shape index (κ2) is 5.59. The number of hydrogen-bond acceptors (Lipinski definition) is 2. The third-order valence-corrected chi connectivity index (χ3v) is 4.20. The van der Waals surface area contributed by atoms with Gasteiger partial charge in [0.15, 0.2) is 0 Å². The zero-order valence-corrected chi connectivity index (χ0v) is 11.9. The smallest absolute Gasteiger partial charge is 0.0863 e. The van der Waals surface area contributed by atoms with Gasteiger partial charge in [-0.05, 0) is 31.7 Å². The molecule has 1 aliphatic rings. The molecule has 2 rings (SSSR count). The molecule has 0 radical (unpaired) electrons. The number of aromatic nitrogens is 2. The van der Waals surface area contributed by atoms with Crippen LogP contribution in [0.5, 0.6) is 0 Å². The van der Waals surface area contributed by atoms with Gasteiger partial charge in [-0.3, -0.25) is 4.68 Å². The summed E-state index contributed by atoms with van der Waals surface area (Å²) >= 11 is 12.2. The minimum atomic E-state index is 0.397. The van der Waals surface area contributed by atoms with Crippen LogP contribution < -0.4 is 5.32 Å². The Bertz CT molecular complexity index is 383. The van der Waals surface area contributed by atoms with Crippen molar-refractivity contribution in [2.45, 2.75) is 38.1 Å². The standard InChI is InChI=1S/C12H19Cl2N3/c1-3-10-12(14)11(17(2)16-10)7-15-6-8-4-9(13)5-8/h8-9,15H,3-7H2,1-2H3. The highest BCUT2D eigenvalue weighted by Gasteiger charge is 2.26. The normalized spacial score (nSPS) is 23.8. The molecular formula is C12H19Cl2N3. The van der Waals surface area contributed by atoms with Crippen molar-refractivity contribution in [1.29, 1.82) is 0 Å². The molecule has 1 saturated carbocycles. The van der Waals surface area contributed by atoms with Gasteiger partial charge in [-0.2, -0.15) is 5.10 Å². The average molecular weight is 276 g/mol. The summed E-state index contributed by atoms with van der Waals surface area (Å²) < 4.78 is 1.87. The Morgan fingerprint density at radius 3 is 2.71 bits per heavy atom. The molecule has 0 spiro atoms. The first-order valence-electron chi connectivity index (χ1n) is 6.16. The molecule has 0 bridgehead atoms. The molecule has 3 nitrogen and oxygen atoms in total. The van der Waals surface area contributed by atoms with Crippen LogP contribution >= 0.6 is 23.2 Å². The van der Waals surface area contributed by atoms with Crippen molar-refractivity contribution in [2.75, 3.05) is 6.54 Å². The fourth-order valence-electron chi connectivity index (χ4n) is 2.23. The summed E-state index contributed by atoms with van der Waals surface area (Å²) in [4.78, 5) is 0. The Hall–Kier alpha value is -0.250. The first kappa shape index (κ1) is 13.2. The van der Waals surface area contributed by atoms with Crippen LogP contribution in [-0.2, 0) is 20.0 Å². The van der Waals surface area contributed by atoms with Gasteiger partial charge in [0.25, 0.3) is 0 Å². The summed E-state index contributed by atoms with van der Waals surface area (Å²) in [5, 5.41) is 9.04. The van der Waals surface area contributed by atoms with Crippen LogP contribution in [-0.4, -0.2) is 21.7 Å². The fraction of sp³-hybridized carbons (Fsp3) is 0.750. The predicted octanol–water partition coefficient (Wildman–Crippen LogP) is 2.74. The van der Waals surface area contributed by atoms with Gasteiger partial charge in [-0.1, -0.05) is 18.5 Å². The Balaban J connectivity index is 1.84. The number of halogens is 2. The molecule has 17 heavy (non-hydrogen) atoms. The number of alkyl halides is 1. The molecule has 5 heteroatoms. The van der Waals surface area contributed by atoms with Crippen molar-refractivity contribution in [1.82, 2.24) is 15.1 Å². The van der Waals surface area contributed by atoms with Gasteiger partial charge in [0.1, 0.15) is 0 Å². The van der Waals surface area contributed by atoms with E-state index in [1.54, 1.807) is 0 Å². The van der Waals surface area contributed by atoms with E-state index in [1.807, 2.05) is 11.7 Å². The van der Waals surface area contributed by atoms with Gasteiger partial charge >= 0.3 is 0 Å². The monoisotopic (exact) mass is 275 g/mol. The molecular weight excluding hydrogens is 257 g/mol. The van der Waals surface area contributed by atoms with Crippen molar-refractivity contribution >= 4 is 23.2 Å². The van der Waals surface area contributed by atoms with Crippen LogP contribution in [0.3, 0.4) is 0 Å². The summed E-state index contributed by atoms with van der Waals surface area (Å²) in [6.07, 6.45) is 3.14. The van der Waals surface area contributed by atoms with Crippen molar-refractivity contribution in [3.05, 3.63) is 16.4 Å². The molecule has 1 aromatic heterocycles. The lowest BCUT2D eigenvalue weighted by atomic mass is 9.85. The van der Waals surface area contributed by atoms with Gasteiger partial charge in [0, 0.05) is 19.0 Å². The lowest BCUT2D eigenvalue weighted by Crippen LogP contribution is -2.33. The molecule has 1 aromatic rings. The van der Waals surface area contributed by atoms with Crippen LogP contribution in [0.25, 0.3) is 0 Å². The third-order valence-electron chi connectivity index (χ3n) is 3.41. The van der Waals surface area contributed by atoms with E-state index in [0.717, 1.165) is 54.7 Å². The predicted molar refractivity (Wildman–Crippen MR) is 71.7 cm³/mol.